The Bertz CT molecular complexity index is 550. The van der Waals surface area contributed by atoms with Gasteiger partial charge in [0, 0.05) is 4.88 Å². The van der Waals surface area contributed by atoms with E-state index >= 15 is 0 Å². The second-order valence-corrected chi connectivity index (χ2v) is 4.91. The number of rotatable bonds is 3. The number of carbonyl (C=O) groups excluding carboxylic acids is 1. The van der Waals surface area contributed by atoms with Crippen molar-refractivity contribution in [2.24, 2.45) is 0 Å². The van der Waals surface area contributed by atoms with Crippen LogP contribution in [-0.2, 0) is 21.9 Å². The minimum absolute atomic E-state index is 0. The third-order valence-electron chi connectivity index (χ3n) is 2.56. The fraction of sp³-hybridized carbons (Fsp3) is 0.118. The Morgan fingerprint density at radius 2 is 2.20 bits per heavy atom. The van der Waals surface area contributed by atoms with Gasteiger partial charge in [-0.15, -0.1) is 23.8 Å². The number of hydrogen-bond acceptors (Lipinski definition) is 2. The number of allylic oxidation sites excluding steroid dienone is 9. The molecule has 0 spiro atoms. The molecule has 0 bridgehead atoms. The van der Waals surface area contributed by atoms with Crippen molar-refractivity contribution in [3.63, 3.8) is 0 Å². The first-order valence-corrected chi connectivity index (χ1v) is 6.98. The molecule has 0 aliphatic heterocycles. The van der Waals surface area contributed by atoms with E-state index in [1.807, 2.05) is 47.9 Å². The van der Waals surface area contributed by atoms with Crippen LogP contribution >= 0.6 is 11.3 Å². The summed E-state index contributed by atoms with van der Waals surface area (Å²) in [5, 5.41) is 2.00. The second-order valence-electron chi connectivity index (χ2n) is 3.93. The molecule has 0 saturated heterocycles. The van der Waals surface area contributed by atoms with E-state index in [9.17, 15) is 4.79 Å². The van der Waals surface area contributed by atoms with Gasteiger partial charge in [0.05, 0.1) is 6.29 Å². The summed E-state index contributed by atoms with van der Waals surface area (Å²) in [6, 6.07) is 3.97. The van der Waals surface area contributed by atoms with Gasteiger partial charge in [-0.25, -0.2) is 12.2 Å². The first-order valence-electron chi connectivity index (χ1n) is 6.10. The molecule has 0 unspecified atom stereocenters. The normalized spacial score (nSPS) is 15.4. The van der Waals surface area contributed by atoms with Crippen molar-refractivity contribution in [3.8, 4) is 0 Å². The van der Waals surface area contributed by atoms with E-state index in [0.717, 1.165) is 29.6 Å². The van der Waals surface area contributed by atoms with Gasteiger partial charge in [-0.1, -0.05) is 24.1 Å². The summed E-state index contributed by atoms with van der Waals surface area (Å²) in [7, 11) is 0. The molecule has 0 aromatic carbocycles. The van der Waals surface area contributed by atoms with Crippen LogP contribution in [0, 0.1) is 12.2 Å². The minimum atomic E-state index is 0. The number of thiophene rings is 1. The van der Waals surface area contributed by atoms with Crippen molar-refractivity contribution in [2.45, 2.75) is 12.8 Å². The third kappa shape index (κ3) is 5.30. The summed E-state index contributed by atoms with van der Waals surface area (Å²) in [5.74, 6) is 0. The first-order chi connectivity index (χ1) is 9.40. The molecule has 1 nitrogen and oxygen atoms in total. The standard InChI is InChI=1S/C12H9OS.C5H5.Fe/c13-9-11(10-4-1-2-5-10)8-12-6-3-7-14-12;1-2-4-5-3-1;/h1,3-4,6-9H,2H2;1-3H,4H2;/q2*-1;+2/b11-8+;;. The van der Waals surface area contributed by atoms with Crippen LogP contribution in [0.4, 0.5) is 0 Å². The van der Waals surface area contributed by atoms with Crippen molar-refractivity contribution >= 4 is 23.7 Å². The van der Waals surface area contributed by atoms with E-state index < -0.39 is 0 Å². The van der Waals surface area contributed by atoms with E-state index in [0.29, 0.717) is 5.57 Å². The molecule has 3 rings (SSSR count). The molecule has 0 radical (unpaired) electrons. The topological polar surface area (TPSA) is 17.1 Å². The van der Waals surface area contributed by atoms with Crippen LogP contribution in [0.3, 0.4) is 0 Å². The van der Waals surface area contributed by atoms with Crippen molar-refractivity contribution in [1.82, 2.24) is 0 Å². The molecular weight excluding hydrogens is 308 g/mol. The smallest absolute Gasteiger partial charge is 0.312 e. The van der Waals surface area contributed by atoms with E-state index in [1.165, 1.54) is 0 Å². The minimum Gasteiger partial charge on any atom is -0.312 e. The van der Waals surface area contributed by atoms with Gasteiger partial charge >= 0.3 is 17.1 Å². The fourth-order valence-electron chi connectivity index (χ4n) is 1.64. The summed E-state index contributed by atoms with van der Waals surface area (Å²) in [4.78, 5) is 12.0. The van der Waals surface area contributed by atoms with E-state index in [-0.39, 0.29) is 17.1 Å². The van der Waals surface area contributed by atoms with Crippen LogP contribution in [0.1, 0.15) is 17.7 Å². The molecule has 1 aromatic heterocycles. The SMILES string of the molecule is O=C/C(=C\c1cccs1)C1=[C-]CC=C1.[C-]1=CC=CC1.[Fe+2]. The monoisotopic (exact) mass is 322 g/mol. The van der Waals surface area contributed by atoms with Crippen molar-refractivity contribution in [2.75, 3.05) is 0 Å². The molecule has 0 fully saturated rings. The Labute approximate surface area is 134 Å². The first kappa shape index (κ1) is 16.6. The summed E-state index contributed by atoms with van der Waals surface area (Å²) in [5.41, 5.74) is 1.62. The summed E-state index contributed by atoms with van der Waals surface area (Å²) in [6.07, 6.45) is 20.7. The average molecular weight is 322 g/mol. The average Bonchev–Trinajstić information content (AvgIpc) is 3.19. The van der Waals surface area contributed by atoms with Gasteiger partial charge in [0.15, 0.2) is 0 Å². The Morgan fingerprint density at radius 3 is 2.65 bits per heavy atom. The molecule has 2 aliphatic carbocycles. The van der Waals surface area contributed by atoms with Gasteiger partial charge in [0.1, 0.15) is 0 Å². The van der Waals surface area contributed by atoms with Gasteiger partial charge < -0.3 is 4.79 Å². The van der Waals surface area contributed by atoms with Gasteiger partial charge in [-0.3, -0.25) is 6.08 Å². The zero-order chi connectivity index (χ0) is 13.3. The zero-order valence-corrected chi connectivity index (χ0v) is 12.8. The molecule has 2 aliphatic rings. The largest absolute Gasteiger partial charge is 2.00 e. The van der Waals surface area contributed by atoms with Crippen molar-refractivity contribution < 1.29 is 21.9 Å². The maximum atomic E-state index is 10.9. The van der Waals surface area contributed by atoms with E-state index in [4.69, 9.17) is 0 Å². The van der Waals surface area contributed by atoms with Crippen LogP contribution in [0.5, 0.6) is 0 Å². The van der Waals surface area contributed by atoms with Crippen LogP contribution < -0.4 is 0 Å². The van der Waals surface area contributed by atoms with Crippen LogP contribution in [-0.4, -0.2) is 6.29 Å². The predicted molar refractivity (Wildman–Crippen MR) is 80.4 cm³/mol. The van der Waals surface area contributed by atoms with Gasteiger partial charge in [-0.05, 0) is 11.4 Å². The summed E-state index contributed by atoms with van der Waals surface area (Å²) >= 11 is 1.62. The van der Waals surface area contributed by atoms with E-state index in [1.54, 1.807) is 11.3 Å². The molecule has 0 amide bonds. The van der Waals surface area contributed by atoms with Gasteiger partial charge in [0.2, 0.25) is 0 Å². The third-order valence-corrected chi connectivity index (χ3v) is 3.38. The maximum Gasteiger partial charge on any atom is 2.00 e. The maximum absolute atomic E-state index is 10.9. The molecule has 1 aromatic rings. The van der Waals surface area contributed by atoms with Gasteiger partial charge in [-0.2, -0.15) is 23.8 Å². The molecule has 0 N–H and O–H groups in total. The second kappa shape index (κ2) is 9.49. The van der Waals surface area contributed by atoms with Crippen LogP contribution in [0.2, 0.25) is 0 Å². The molecule has 3 heteroatoms. The quantitative estimate of drug-likeness (QED) is 0.350. The zero-order valence-electron chi connectivity index (χ0n) is 10.9. The van der Waals surface area contributed by atoms with Crippen LogP contribution in [0.15, 0.2) is 59.0 Å². The Morgan fingerprint density at radius 1 is 1.30 bits per heavy atom. The molecular formula is C17H14FeOS. The van der Waals surface area contributed by atoms with Crippen molar-refractivity contribution in [1.29, 1.82) is 0 Å². The molecule has 0 saturated carbocycles. The number of carbonyl (C=O) groups is 1. The Kier molecular flexibility index (Phi) is 7.89. The van der Waals surface area contributed by atoms with E-state index in [2.05, 4.69) is 18.2 Å². The number of aldehydes is 1. The van der Waals surface area contributed by atoms with Gasteiger partial charge in [0.25, 0.3) is 0 Å². The molecule has 20 heavy (non-hydrogen) atoms. The molecule has 102 valence electrons. The summed E-state index contributed by atoms with van der Waals surface area (Å²) < 4.78 is 0. The Balaban J connectivity index is 0.000000283. The van der Waals surface area contributed by atoms with Crippen LogP contribution in [0.25, 0.3) is 6.08 Å². The summed E-state index contributed by atoms with van der Waals surface area (Å²) in [6.45, 7) is 0. The molecule has 1 heterocycles. The Hall–Kier alpha value is -1.41. The fourth-order valence-corrected chi connectivity index (χ4v) is 2.31. The molecule has 0 atom stereocenters. The van der Waals surface area contributed by atoms with Crippen molar-refractivity contribution in [3.05, 3.63) is 76.1 Å². The predicted octanol–water partition coefficient (Wildman–Crippen LogP) is 4.32. The number of hydrogen-bond donors (Lipinski definition) is 0.